The second-order valence-electron chi connectivity index (χ2n) is 5.42. The van der Waals surface area contributed by atoms with Crippen molar-refractivity contribution in [2.45, 2.75) is 52.0 Å². The molecule has 6 heteroatoms. The van der Waals surface area contributed by atoms with E-state index in [1.54, 1.807) is 0 Å². The Balaban J connectivity index is 2.99. The minimum absolute atomic E-state index is 0.0133. The van der Waals surface area contributed by atoms with Crippen LogP contribution in [0.4, 0.5) is 0 Å². The summed E-state index contributed by atoms with van der Waals surface area (Å²) in [6, 6.07) is 0. The van der Waals surface area contributed by atoms with Gasteiger partial charge in [-0.05, 0) is 19.8 Å². The highest BCUT2D eigenvalue weighted by atomic mass is 35.5. The molecule has 1 heterocycles. The van der Waals surface area contributed by atoms with Crippen LogP contribution >= 0.6 is 11.6 Å². The fraction of sp³-hybridized carbons (Fsp3) is 0.643. The van der Waals surface area contributed by atoms with Crippen molar-refractivity contribution >= 4 is 17.5 Å². The lowest BCUT2D eigenvalue weighted by Crippen LogP contribution is -2.46. The largest absolute Gasteiger partial charge is 0.396 e. The molecule has 1 atom stereocenters. The summed E-state index contributed by atoms with van der Waals surface area (Å²) in [5.41, 5.74) is -0.291. The van der Waals surface area contributed by atoms with E-state index in [-0.39, 0.29) is 29.1 Å². The molecule has 0 aliphatic heterocycles. The molecule has 112 valence electrons. The van der Waals surface area contributed by atoms with Gasteiger partial charge in [0.25, 0.3) is 5.91 Å². The smallest absolute Gasteiger partial charge is 0.271 e. The summed E-state index contributed by atoms with van der Waals surface area (Å²) in [6.45, 7) is 7.76. The van der Waals surface area contributed by atoms with Crippen molar-refractivity contribution < 1.29 is 9.90 Å². The van der Waals surface area contributed by atoms with Crippen molar-refractivity contribution in [2.24, 2.45) is 0 Å². The Morgan fingerprint density at radius 2 is 2.20 bits per heavy atom. The fourth-order valence-electron chi connectivity index (χ4n) is 1.73. The van der Waals surface area contributed by atoms with Gasteiger partial charge in [0.2, 0.25) is 0 Å². The van der Waals surface area contributed by atoms with Gasteiger partial charge in [-0.15, -0.1) is 0 Å². The molecule has 0 bridgehead atoms. The van der Waals surface area contributed by atoms with E-state index in [0.717, 1.165) is 0 Å². The van der Waals surface area contributed by atoms with E-state index in [1.165, 1.54) is 6.20 Å². The van der Waals surface area contributed by atoms with Crippen LogP contribution in [-0.4, -0.2) is 33.1 Å². The molecule has 0 saturated heterocycles. The summed E-state index contributed by atoms with van der Waals surface area (Å²) in [5, 5.41) is 12.2. The molecule has 0 aromatic carbocycles. The summed E-state index contributed by atoms with van der Waals surface area (Å²) < 4.78 is 0. The first-order chi connectivity index (χ1) is 9.33. The van der Waals surface area contributed by atoms with Gasteiger partial charge in [-0.25, -0.2) is 9.97 Å². The zero-order valence-electron chi connectivity index (χ0n) is 12.4. The van der Waals surface area contributed by atoms with E-state index >= 15 is 0 Å². The number of hydrogen-bond donors (Lipinski definition) is 2. The quantitative estimate of drug-likeness (QED) is 0.846. The maximum atomic E-state index is 12.3. The number of aliphatic hydroxyl groups is 1. The third-order valence-corrected chi connectivity index (χ3v) is 3.63. The van der Waals surface area contributed by atoms with Gasteiger partial charge in [0, 0.05) is 18.1 Å². The van der Waals surface area contributed by atoms with Crippen LogP contribution in [0.15, 0.2) is 6.20 Å². The summed E-state index contributed by atoms with van der Waals surface area (Å²) in [4.78, 5) is 20.7. The number of nitrogens with one attached hydrogen (secondary N) is 1. The predicted octanol–water partition coefficient (Wildman–Crippen LogP) is 2.53. The molecule has 0 radical (unpaired) electrons. The zero-order valence-corrected chi connectivity index (χ0v) is 13.2. The van der Waals surface area contributed by atoms with Gasteiger partial charge in [-0.3, -0.25) is 4.79 Å². The van der Waals surface area contributed by atoms with Crippen molar-refractivity contribution in [3.8, 4) is 0 Å². The molecule has 1 unspecified atom stereocenters. The molecule has 0 spiro atoms. The number of aliphatic hydroxyl groups excluding tert-OH is 1. The predicted molar refractivity (Wildman–Crippen MR) is 79.0 cm³/mol. The van der Waals surface area contributed by atoms with Gasteiger partial charge >= 0.3 is 0 Å². The first-order valence-electron chi connectivity index (χ1n) is 6.78. The highest BCUT2D eigenvalue weighted by Gasteiger charge is 2.26. The summed E-state index contributed by atoms with van der Waals surface area (Å²) in [5.74, 6) is 0.367. The molecule has 5 nitrogen and oxygen atoms in total. The highest BCUT2D eigenvalue weighted by molar-refractivity contribution is 6.33. The van der Waals surface area contributed by atoms with Gasteiger partial charge in [0.15, 0.2) is 0 Å². The topological polar surface area (TPSA) is 75.1 Å². The molecule has 20 heavy (non-hydrogen) atoms. The molecular formula is C14H22ClN3O2. The lowest BCUT2D eigenvalue weighted by Gasteiger charge is -2.29. The molecule has 1 aromatic rings. The lowest BCUT2D eigenvalue weighted by atomic mass is 9.94. The Hall–Kier alpha value is -1.20. The molecular weight excluding hydrogens is 278 g/mol. The van der Waals surface area contributed by atoms with Gasteiger partial charge in [0.1, 0.15) is 11.5 Å². The van der Waals surface area contributed by atoms with E-state index < -0.39 is 5.54 Å². The van der Waals surface area contributed by atoms with Crippen LogP contribution in [0.5, 0.6) is 0 Å². The molecule has 0 aliphatic rings. The molecule has 0 saturated carbocycles. The number of carbonyl (C=O) groups is 1. The molecule has 1 rings (SSSR count). The van der Waals surface area contributed by atoms with E-state index in [1.807, 2.05) is 27.7 Å². The monoisotopic (exact) mass is 299 g/mol. The summed E-state index contributed by atoms with van der Waals surface area (Å²) in [7, 11) is 0. The number of nitrogens with zero attached hydrogens (tertiary/aromatic N) is 2. The van der Waals surface area contributed by atoms with Crippen molar-refractivity contribution in [1.82, 2.24) is 15.3 Å². The van der Waals surface area contributed by atoms with Gasteiger partial charge < -0.3 is 10.4 Å². The van der Waals surface area contributed by atoms with Crippen LogP contribution in [-0.2, 0) is 0 Å². The maximum absolute atomic E-state index is 12.3. The molecule has 1 amide bonds. The standard InChI is InChI=1S/C14H22ClN3O2/c1-5-14(4,6-7-19)18-13(20)11-10(15)8-16-12(17-11)9(2)3/h8-9,19H,5-7H2,1-4H3,(H,18,20). The van der Waals surface area contributed by atoms with E-state index in [4.69, 9.17) is 16.7 Å². The first kappa shape index (κ1) is 16.9. The van der Waals surface area contributed by atoms with Gasteiger partial charge in [0.05, 0.1) is 11.2 Å². The molecule has 0 aliphatic carbocycles. The highest BCUT2D eigenvalue weighted by Crippen LogP contribution is 2.19. The van der Waals surface area contributed by atoms with Gasteiger partial charge in [-0.1, -0.05) is 32.4 Å². The van der Waals surface area contributed by atoms with Crippen LogP contribution in [0.1, 0.15) is 62.8 Å². The van der Waals surface area contributed by atoms with E-state index in [0.29, 0.717) is 18.7 Å². The SMILES string of the molecule is CCC(C)(CCO)NC(=O)c1nc(C(C)C)ncc1Cl. The normalized spacial score (nSPS) is 14.2. The molecule has 0 fully saturated rings. The maximum Gasteiger partial charge on any atom is 0.271 e. The lowest BCUT2D eigenvalue weighted by molar-refractivity contribution is 0.0880. The fourth-order valence-corrected chi connectivity index (χ4v) is 1.90. The van der Waals surface area contributed by atoms with Crippen molar-refractivity contribution in [3.05, 3.63) is 22.7 Å². The Bertz CT molecular complexity index is 479. The second-order valence-corrected chi connectivity index (χ2v) is 5.83. The number of amides is 1. The number of carbonyl (C=O) groups excluding carboxylic acids is 1. The summed E-state index contributed by atoms with van der Waals surface area (Å²) >= 11 is 6.01. The third kappa shape index (κ3) is 4.15. The average molecular weight is 300 g/mol. The molecule has 1 aromatic heterocycles. The number of halogens is 1. The van der Waals surface area contributed by atoms with Gasteiger partial charge in [-0.2, -0.15) is 0 Å². The minimum atomic E-state index is -0.474. The third-order valence-electron chi connectivity index (χ3n) is 3.35. The van der Waals surface area contributed by atoms with Crippen molar-refractivity contribution in [1.29, 1.82) is 0 Å². The summed E-state index contributed by atoms with van der Waals surface area (Å²) in [6.07, 6.45) is 2.64. The Kier molecular flexibility index (Phi) is 5.89. The Morgan fingerprint density at radius 3 is 2.70 bits per heavy atom. The number of hydrogen-bond acceptors (Lipinski definition) is 4. The van der Waals surface area contributed by atoms with E-state index in [9.17, 15) is 4.79 Å². The van der Waals surface area contributed by atoms with Crippen LogP contribution in [0.25, 0.3) is 0 Å². The Morgan fingerprint density at radius 1 is 1.55 bits per heavy atom. The Labute approximate surface area is 124 Å². The number of rotatable bonds is 6. The van der Waals surface area contributed by atoms with Crippen LogP contribution in [0.3, 0.4) is 0 Å². The van der Waals surface area contributed by atoms with E-state index in [2.05, 4.69) is 15.3 Å². The van der Waals surface area contributed by atoms with Crippen LogP contribution < -0.4 is 5.32 Å². The average Bonchev–Trinajstić information content (AvgIpc) is 2.39. The first-order valence-corrected chi connectivity index (χ1v) is 7.16. The van der Waals surface area contributed by atoms with Crippen LogP contribution in [0.2, 0.25) is 5.02 Å². The van der Waals surface area contributed by atoms with Crippen molar-refractivity contribution in [3.63, 3.8) is 0 Å². The second kappa shape index (κ2) is 6.99. The van der Waals surface area contributed by atoms with Crippen molar-refractivity contribution in [2.75, 3.05) is 6.61 Å². The number of aromatic nitrogens is 2. The molecule has 2 N–H and O–H groups in total. The minimum Gasteiger partial charge on any atom is -0.396 e. The zero-order chi connectivity index (χ0) is 15.3. The van der Waals surface area contributed by atoms with Crippen LogP contribution in [0, 0.1) is 0 Å².